The largest absolute Gasteiger partial charge is 0.455 e. The normalized spacial score (nSPS) is 12.8. The molecule has 1 rings (SSSR count). The summed E-state index contributed by atoms with van der Waals surface area (Å²) < 4.78 is 75.8. The lowest BCUT2D eigenvalue weighted by Gasteiger charge is -2.14. The molecule has 0 fully saturated rings. The average molecular weight is 318 g/mol. The molecular weight excluding hydrogens is 308 g/mol. The molecule has 0 spiro atoms. The zero-order valence-electron chi connectivity index (χ0n) is 9.99. The van der Waals surface area contributed by atoms with Gasteiger partial charge in [-0.25, -0.2) is 22.3 Å². The molecule has 0 saturated heterocycles. The highest BCUT2D eigenvalue weighted by Gasteiger charge is 2.41. The summed E-state index contributed by atoms with van der Waals surface area (Å²) >= 11 is 0. The van der Waals surface area contributed by atoms with Crippen LogP contribution in [0.15, 0.2) is 15.4 Å². The number of furan rings is 1. The van der Waals surface area contributed by atoms with E-state index in [1.807, 2.05) is 0 Å². The van der Waals surface area contributed by atoms with Crippen LogP contribution in [0.25, 0.3) is 0 Å². The van der Waals surface area contributed by atoms with E-state index >= 15 is 0 Å². The van der Waals surface area contributed by atoms with Crippen molar-refractivity contribution in [2.75, 3.05) is 6.54 Å². The van der Waals surface area contributed by atoms with Crippen LogP contribution in [0.2, 0.25) is 0 Å². The number of alkyl halides is 4. The second-order valence-corrected chi connectivity index (χ2v) is 5.35. The van der Waals surface area contributed by atoms with Crippen LogP contribution in [0.3, 0.4) is 0 Å². The molecule has 0 saturated carbocycles. The highest BCUT2D eigenvalue weighted by molar-refractivity contribution is 7.89. The number of hydrogen-bond acceptors (Lipinski definition) is 4. The maximum atomic E-state index is 12.6. The van der Waals surface area contributed by atoms with Gasteiger partial charge in [-0.3, -0.25) is 4.79 Å². The first-order valence-electron chi connectivity index (χ1n) is 5.02. The minimum absolute atomic E-state index is 0.224. The Kier molecular flexibility index (Phi) is 4.44. The van der Waals surface area contributed by atoms with Gasteiger partial charge in [-0.1, -0.05) is 0 Å². The number of primary sulfonamides is 1. The second kappa shape index (κ2) is 5.40. The van der Waals surface area contributed by atoms with E-state index in [9.17, 15) is 30.8 Å². The van der Waals surface area contributed by atoms with Crippen LogP contribution in [0.5, 0.6) is 0 Å². The van der Waals surface area contributed by atoms with Crippen LogP contribution in [-0.4, -0.2) is 33.2 Å². The van der Waals surface area contributed by atoms with Gasteiger partial charge < -0.3 is 9.73 Å². The van der Waals surface area contributed by atoms with E-state index in [-0.39, 0.29) is 5.76 Å². The summed E-state index contributed by atoms with van der Waals surface area (Å²) in [6, 6.07) is 0.723. The molecule has 0 unspecified atom stereocenters. The van der Waals surface area contributed by atoms with E-state index in [0.29, 0.717) is 0 Å². The molecule has 1 aromatic heterocycles. The zero-order chi connectivity index (χ0) is 15.7. The Bertz CT molecular complexity index is 611. The Morgan fingerprint density at radius 2 is 2.05 bits per heavy atom. The molecule has 1 heterocycles. The summed E-state index contributed by atoms with van der Waals surface area (Å²) in [5.74, 6) is -6.52. The molecular formula is C9H10F4N2O4S. The van der Waals surface area contributed by atoms with Crippen LogP contribution >= 0.6 is 0 Å². The molecule has 0 bridgehead atoms. The molecule has 11 heteroatoms. The number of hydrogen-bond donors (Lipinski definition) is 2. The number of carbonyl (C=O) groups excluding carboxylic acids is 1. The van der Waals surface area contributed by atoms with Crippen molar-refractivity contribution < 1.29 is 35.2 Å². The fourth-order valence-electron chi connectivity index (χ4n) is 1.22. The molecule has 3 N–H and O–H groups in total. The van der Waals surface area contributed by atoms with Gasteiger partial charge in [-0.15, -0.1) is 0 Å². The first-order valence-corrected chi connectivity index (χ1v) is 6.57. The lowest BCUT2D eigenvalue weighted by atomic mass is 10.3. The molecule has 0 radical (unpaired) electrons. The Morgan fingerprint density at radius 1 is 1.50 bits per heavy atom. The van der Waals surface area contributed by atoms with Crippen LogP contribution in [0.1, 0.15) is 16.3 Å². The SMILES string of the molecule is Cc1oc(C(=O)NCC(F)(F)C(F)F)cc1S(N)(=O)=O. The lowest BCUT2D eigenvalue weighted by Crippen LogP contribution is -2.41. The quantitative estimate of drug-likeness (QED) is 0.786. The van der Waals surface area contributed by atoms with Crippen molar-refractivity contribution in [2.24, 2.45) is 5.14 Å². The zero-order valence-corrected chi connectivity index (χ0v) is 10.8. The molecule has 114 valence electrons. The molecule has 1 amide bonds. The van der Waals surface area contributed by atoms with Crippen LogP contribution in [0, 0.1) is 6.92 Å². The van der Waals surface area contributed by atoms with Crippen LogP contribution in [-0.2, 0) is 10.0 Å². The molecule has 6 nitrogen and oxygen atoms in total. The average Bonchev–Trinajstić information content (AvgIpc) is 2.68. The standard InChI is InChI=1S/C9H10F4N2O4S/c1-4-6(20(14,17)18)2-5(19-4)7(16)15-3-9(12,13)8(10)11/h2,8H,3H2,1H3,(H,15,16)(H2,14,17,18). The van der Waals surface area contributed by atoms with Crippen molar-refractivity contribution in [3.05, 3.63) is 17.6 Å². The molecule has 0 aliphatic heterocycles. The smallest absolute Gasteiger partial charge is 0.324 e. The van der Waals surface area contributed by atoms with Crippen molar-refractivity contribution in [1.82, 2.24) is 5.32 Å². The molecule has 0 atom stereocenters. The first kappa shape index (κ1) is 16.4. The summed E-state index contributed by atoms with van der Waals surface area (Å²) in [6.45, 7) is -0.432. The summed E-state index contributed by atoms with van der Waals surface area (Å²) in [6.07, 6.45) is -3.94. The van der Waals surface area contributed by atoms with Crippen molar-refractivity contribution in [2.45, 2.75) is 24.2 Å². The summed E-state index contributed by atoms with van der Waals surface area (Å²) in [7, 11) is -4.14. The molecule has 20 heavy (non-hydrogen) atoms. The number of nitrogens with one attached hydrogen (secondary N) is 1. The van der Waals surface area contributed by atoms with Gasteiger partial charge in [0, 0.05) is 6.07 Å². The monoisotopic (exact) mass is 318 g/mol. The Balaban J connectivity index is 2.85. The van der Waals surface area contributed by atoms with E-state index < -0.39 is 45.5 Å². The van der Waals surface area contributed by atoms with Crippen LogP contribution in [0.4, 0.5) is 17.6 Å². The molecule has 0 aromatic carbocycles. The number of aryl methyl sites for hydroxylation is 1. The van der Waals surface area contributed by atoms with Crippen molar-refractivity contribution >= 4 is 15.9 Å². The van der Waals surface area contributed by atoms with E-state index in [4.69, 9.17) is 9.56 Å². The van der Waals surface area contributed by atoms with Gasteiger partial charge in [0.2, 0.25) is 10.0 Å². The summed E-state index contributed by atoms with van der Waals surface area (Å²) in [4.78, 5) is 10.9. The third kappa shape index (κ3) is 3.70. The topological polar surface area (TPSA) is 102 Å². The number of rotatable bonds is 5. The van der Waals surface area contributed by atoms with Crippen LogP contribution < -0.4 is 10.5 Å². The van der Waals surface area contributed by atoms with Crippen molar-refractivity contribution in [3.63, 3.8) is 0 Å². The third-order valence-corrected chi connectivity index (χ3v) is 3.22. The maximum absolute atomic E-state index is 12.6. The van der Waals surface area contributed by atoms with Crippen molar-refractivity contribution in [1.29, 1.82) is 0 Å². The predicted octanol–water partition coefficient (Wildman–Crippen LogP) is 0.866. The van der Waals surface area contributed by atoms with Gasteiger partial charge in [0.1, 0.15) is 10.7 Å². The highest BCUT2D eigenvalue weighted by Crippen LogP contribution is 2.22. The number of carbonyl (C=O) groups is 1. The van der Waals surface area contributed by atoms with Gasteiger partial charge in [-0.05, 0) is 6.92 Å². The first-order chi connectivity index (χ1) is 8.95. The number of amides is 1. The van der Waals surface area contributed by atoms with Crippen molar-refractivity contribution in [3.8, 4) is 0 Å². The van der Waals surface area contributed by atoms with Gasteiger partial charge in [0.15, 0.2) is 5.76 Å². The second-order valence-electron chi connectivity index (χ2n) is 3.82. The van der Waals surface area contributed by atoms with E-state index in [0.717, 1.165) is 6.07 Å². The lowest BCUT2D eigenvalue weighted by molar-refractivity contribution is -0.123. The van der Waals surface area contributed by atoms with Gasteiger partial charge in [0.05, 0.1) is 6.54 Å². The van der Waals surface area contributed by atoms with Gasteiger partial charge >= 0.3 is 12.3 Å². The maximum Gasteiger partial charge on any atom is 0.324 e. The van der Waals surface area contributed by atoms with E-state index in [2.05, 4.69) is 0 Å². The number of nitrogens with two attached hydrogens (primary N) is 1. The Labute approximate surface area is 111 Å². The minimum Gasteiger partial charge on any atom is -0.455 e. The number of sulfonamides is 1. The molecule has 1 aromatic rings. The summed E-state index contributed by atoms with van der Waals surface area (Å²) in [5.41, 5.74) is 0. The number of halogens is 4. The summed E-state index contributed by atoms with van der Waals surface area (Å²) in [5, 5.41) is 6.33. The minimum atomic E-state index is -4.40. The molecule has 0 aliphatic rings. The molecule has 0 aliphatic carbocycles. The Morgan fingerprint density at radius 3 is 2.45 bits per heavy atom. The third-order valence-electron chi connectivity index (χ3n) is 2.21. The predicted molar refractivity (Wildman–Crippen MR) is 58.1 cm³/mol. The van der Waals surface area contributed by atoms with Gasteiger partial charge in [0.25, 0.3) is 5.91 Å². The van der Waals surface area contributed by atoms with E-state index in [1.54, 1.807) is 0 Å². The fourth-order valence-corrected chi connectivity index (χ4v) is 1.94. The Hall–Kier alpha value is -1.62. The highest BCUT2D eigenvalue weighted by atomic mass is 32.2. The van der Waals surface area contributed by atoms with Gasteiger partial charge in [-0.2, -0.15) is 8.78 Å². The fraction of sp³-hybridized carbons (Fsp3) is 0.444. The van der Waals surface area contributed by atoms with E-state index in [1.165, 1.54) is 12.2 Å².